The molecule has 0 aliphatic carbocycles. The highest BCUT2D eigenvalue weighted by atomic mass is 32.5. The van der Waals surface area contributed by atoms with Gasteiger partial charge in [0, 0.05) is 12.2 Å². The van der Waals surface area contributed by atoms with E-state index < -0.39 is 15.1 Å². The molecule has 0 aliphatic rings. The Bertz CT molecular complexity index is 792. The van der Waals surface area contributed by atoms with Gasteiger partial charge < -0.3 is 14.8 Å². The van der Waals surface area contributed by atoms with Crippen LogP contribution in [-0.4, -0.2) is 13.7 Å². The van der Waals surface area contributed by atoms with Crippen molar-refractivity contribution in [2.24, 2.45) is 0 Å². The molecule has 144 valence electrons. The monoisotopic (exact) mass is 395 g/mol. The number of hydrogen-bond donors (Lipinski definition) is 1. The maximum absolute atomic E-state index is 12.7. The second kappa shape index (κ2) is 6.39. The van der Waals surface area contributed by atoms with E-state index in [4.69, 9.17) is 9.47 Å². The van der Waals surface area contributed by atoms with Gasteiger partial charge in [-0.05, 0) is 42.0 Å². The first kappa shape index (κ1) is 19.9. The van der Waals surface area contributed by atoms with E-state index in [1.807, 2.05) is 0 Å². The first-order chi connectivity index (χ1) is 11.9. The maximum Gasteiger partial charge on any atom is 0.310 e. The van der Waals surface area contributed by atoms with E-state index in [1.165, 1.54) is 7.11 Å². The van der Waals surface area contributed by atoms with Crippen LogP contribution < -0.4 is 14.8 Å². The molecule has 0 aliphatic heterocycles. The first-order valence-corrected chi connectivity index (χ1v) is 9.37. The Labute approximate surface area is 148 Å². The molecule has 26 heavy (non-hydrogen) atoms. The third-order valence-corrected chi connectivity index (χ3v) is 4.54. The molecule has 0 fully saturated rings. The Morgan fingerprint density at radius 2 is 1.65 bits per heavy atom. The minimum atomic E-state index is -9.64. The lowest BCUT2D eigenvalue weighted by Gasteiger charge is -2.40. The molecule has 0 unspecified atom stereocenters. The smallest absolute Gasteiger partial charge is 0.310 e. The summed E-state index contributed by atoms with van der Waals surface area (Å²) in [6.07, 6.45) is 1.59. The van der Waals surface area contributed by atoms with Crippen LogP contribution >= 0.6 is 10.2 Å². The molecule has 0 radical (unpaired) electrons. The topological polar surface area (TPSA) is 30.5 Å². The van der Waals surface area contributed by atoms with Gasteiger partial charge in [0.15, 0.2) is 11.5 Å². The highest BCUT2D eigenvalue weighted by Gasteiger charge is 2.65. The number of ether oxygens (including phenoxy) is 2. The van der Waals surface area contributed by atoms with Gasteiger partial charge in [-0.3, -0.25) is 0 Å². The van der Waals surface area contributed by atoms with Gasteiger partial charge in [-0.25, -0.2) is 0 Å². The molecular weight excluding hydrogens is 377 g/mol. The summed E-state index contributed by atoms with van der Waals surface area (Å²) in [6.45, 7) is 4.12. The Balaban J connectivity index is 2.08. The van der Waals surface area contributed by atoms with E-state index in [1.54, 1.807) is 24.3 Å². The van der Waals surface area contributed by atoms with Crippen molar-refractivity contribution in [3.8, 4) is 11.5 Å². The molecule has 0 saturated heterocycles. The minimum Gasteiger partial charge on any atom is -0.493 e. The minimum absolute atomic E-state index is 0.258. The summed E-state index contributed by atoms with van der Waals surface area (Å²) < 4.78 is 74.1. The number of methoxy groups -OCH3 is 1. The normalized spacial score (nSPS) is 14.1. The average Bonchev–Trinajstić information content (AvgIpc) is 2.56. The van der Waals surface area contributed by atoms with Crippen LogP contribution in [0.15, 0.2) is 60.0 Å². The summed E-state index contributed by atoms with van der Waals surface area (Å²) in [7, 11) is -8.17. The number of rotatable bonds is 8. The number of nitrogens with one attached hydrogen (secondary N) is 1. The van der Waals surface area contributed by atoms with Crippen molar-refractivity contribution >= 4 is 15.9 Å². The molecule has 9 heteroatoms. The Kier molecular flexibility index (Phi) is 4.89. The van der Waals surface area contributed by atoms with E-state index in [9.17, 15) is 19.4 Å². The Hall–Kier alpha value is -2.42. The van der Waals surface area contributed by atoms with E-state index in [0.29, 0.717) is 30.2 Å². The Morgan fingerprint density at radius 1 is 1.00 bits per heavy atom. The highest BCUT2D eigenvalue weighted by Crippen LogP contribution is 3.02. The summed E-state index contributed by atoms with van der Waals surface area (Å²) >= 11 is 0. The molecule has 2 aromatic carbocycles. The van der Waals surface area contributed by atoms with Crippen LogP contribution in [0.2, 0.25) is 0 Å². The van der Waals surface area contributed by atoms with Gasteiger partial charge in [-0.15, -0.1) is 0 Å². The number of benzene rings is 2. The largest absolute Gasteiger partial charge is 0.493 e. The summed E-state index contributed by atoms with van der Waals surface area (Å²) in [4.78, 5) is -1.92. The zero-order valence-corrected chi connectivity index (χ0v) is 14.7. The highest BCUT2D eigenvalue weighted by molar-refractivity contribution is 8.45. The zero-order valence-electron chi connectivity index (χ0n) is 13.9. The van der Waals surface area contributed by atoms with Gasteiger partial charge in [0.05, 0.1) is 7.11 Å². The van der Waals surface area contributed by atoms with Crippen LogP contribution in [0.25, 0.3) is 0 Å². The summed E-state index contributed by atoms with van der Waals surface area (Å²) in [5.41, 5.74) is 1.05. The zero-order chi connectivity index (χ0) is 19.5. The molecule has 0 aromatic heterocycles. The standard InChI is InChI=1S/C17H18F5NO2S/c1-3-10-25-16-9-4-13(11-17(16)24-2)12-23-14-5-7-15(8-6-14)26(18,19,20,21)22/h3-9,11,23H,1,10,12H2,2H3. The lowest BCUT2D eigenvalue weighted by molar-refractivity contribution is 0.326. The molecular formula is C17H18F5NO2S. The van der Waals surface area contributed by atoms with Crippen molar-refractivity contribution in [2.45, 2.75) is 11.4 Å². The van der Waals surface area contributed by atoms with Crippen LogP contribution in [0, 0.1) is 0 Å². The SMILES string of the molecule is C=CCOc1ccc(CNc2ccc(S(F)(F)(F)(F)F)cc2)cc1OC. The lowest BCUT2D eigenvalue weighted by Crippen LogP contribution is -2.06. The third-order valence-electron chi connectivity index (χ3n) is 3.38. The summed E-state index contributed by atoms with van der Waals surface area (Å²) in [5.74, 6) is 1.01. The van der Waals surface area contributed by atoms with Crippen LogP contribution in [-0.2, 0) is 6.54 Å². The summed E-state index contributed by atoms with van der Waals surface area (Å²) in [6, 6.07) is 7.81. The number of halogens is 5. The van der Waals surface area contributed by atoms with Crippen LogP contribution in [0.1, 0.15) is 5.56 Å². The average molecular weight is 395 g/mol. The van der Waals surface area contributed by atoms with Crippen molar-refractivity contribution in [3.63, 3.8) is 0 Å². The molecule has 2 aromatic rings. The second-order valence-corrected chi connectivity index (χ2v) is 7.84. The van der Waals surface area contributed by atoms with Gasteiger partial charge in [-0.2, -0.15) is 0 Å². The predicted octanol–water partition coefficient (Wildman–Crippen LogP) is 6.53. The number of anilines is 1. The molecule has 0 bridgehead atoms. The lowest BCUT2D eigenvalue weighted by atomic mass is 10.2. The van der Waals surface area contributed by atoms with Crippen molar-refractivity contribution in [1.82, 2.24) is 0 Å². The molecule has 0 atom stereocenters. The maximum atomic E-state index is 12.7. The van der Waals surface area contributed by atoms with Gasteiger partial charge in [0.1, 0.15) is 11.5 Å². The molecule has 2 rings (SSSR count). The first-order valence-electron chi connectivity index (χ1n) is 7.41. The van der Waals surface area contributed by atoms with E-state index in [-0.39, 0.29) is 12.2 Å². The molecule has 0 saturated carbocycles. The fourth-order valence-electron chi connectivity index (χ4n) is 2.12. The van der Waals surface area contributed by atoms with Gasteiger partial charge in [-0.1, -0.05) is 38.2 Å². The van der Waals surface area contributed by atoms with Gasteiger partial charge in [0.2, 0.25) is 0 Å². The number of hydrogen-bond acceptors (Lipinski definition) is 3. The van der Waals surface area contributed by atoms with E-state index >= 15 is 0 Å². The van der Waals surface area contributed by atoms with Gasteiger partial charge >= 0.3 is 10.2 Å². The molecule has 1 N–H and O–H groups in total. The quantitative estimate of drug-likeness (QED) is 0.407. The fraction of sp³-hybridized carbons (Fsp3) is 0.176. The van der Waals surface area contributed by atoms with Crippen molar-refractivity contribution in [1.29, 1.82) is 0 Å². The molecule has 0 heterocycles. The fourth-order valence-corrected chi connectivity index (χ4v) is 2.77. The van der Waals surface area contributed by atoms with Crippen molar-refractivity contribution in [2.75, 3.05) is 19.0 Å². The van der Waals surface area contributed by atoms with Crippen LogP contribution in [0.4, 0.5) is 25.1 Å². The molecule has 3 nitrogen and oxygen atoms in total. The molecule has 0 spiro atoms. The summed E-state index contributed by atoms with van der Waals surface area (Å²) in [5, 5.41) is 2.87. The van der Waals surface area contributed by atoms with E-state index in [0.717, 1.165) is 17.7 Å². The van der Waals surface area contributed by atoms with Crippen LogP contribution in [0.5, 0.6) is 11.5 Å². The third kappa shape index (κ3) is 5.29. The molecule has 0 amide bonds. The van der Waals surface area contributed by atoms with Gasteiger partial charge in [0.25, 0.3) is 0 Å². The van der Waals surface area contributed by atoms with Crippen LogP contribution in [0.3, 0.4) is 0 Å². The predicted molar refractivity (Wildman–Crippen MR) is 93.9 cm³/mol. The Morgan fingerprint density at radius 3 is 2.19 bits per heavy atom. The van der Waals surface area contributed by atoms with Crippen molar-refractivity contribution in [3.05, 3.63) is 60.7 Å². The van der Waals surface area contributed by atoms with Crippen molar-refractivity contribution < 1.29 is 28.9 Å². The van der Waals surface area contributed by atoms with E-state index in [2.05, 4.69) is 11.9 Å². The second-order valence-electron chi connectivity index (χ2n) is 5.43.